The van der Waals surface area contributed by atoms with Gasteiger partial charge in [0.1, 0.15) is 5.75 Å². The summed E-state index contributed by atoms with van der Waals surface area (Å²) >= 11 is 0. The Balaban J connectivity index is 1.90. The van der Waals surface area contributed by atoms with Crippen molar-refractivity contribution in [1.29, 1.82) is 0 Å². The first-order valence-corrected chi connectivity index (χ1v) is 10.3. The topological polar surface area (TPSA) is 55.8 Å². The van der Waals surface area contributed by atoms with E-state index in [1.165, 1.54) is 11.1 Å². The van der Waals surface area contributed by atoms with E-state index in [2.05, 4.69) is 24.3 Å². The summed E-state index contributed by atoms with van der Waals surface area (Å²) in [6.45, 7) is 6.45. The lowest BCUT2D eigenvalue weighted by Gasteiger charge is -2.32. The van der Waals surface area contributed by atoms with Gasteiger partial charge in [0, 0.05) is 0 Å². The number of rotatable bonds is 4. The highest BCUT2D eigenvalue weighted by Gasteiger charge is 2.33. The molecule has 0 saturated carbocycles. The summed E-state index contributed by atoms with van der Waals surface area (Å²) in [6, 6.07) is 14.5. The molecule has 4 rings (SSSR count). The predicted molar refractivity (Wildman–Crippen MR) is 113 cm³/mol. The molecule has 0 bridgehead atoms. The number of fused-ring (bicyclic) bond motifs is 2. The van der Waals surface area contributed by atoms with Gasteiger partial charge in [0.05, 0.1) is 12.2 Å². The Hall–Kier alpha value is -2.59. The summed E-state index contributed by atoms with van der Waals surface area (Å²) < 4.78 is 11.8. The first-order valence-electron chi connectivity index (χ1n) is 10.3. The smallest absolute Gasteiger partial charge is 0.337 e. The zero-order valence-electron chi connectivity index (χ0n) is 17.3. The molecule has 1 aliphatic carbocycles. The first kappa shape index (κ1) is 19.7. The van der Waals surface area contributed by atoms with Gasteiger partial charge < -0.3 is 14.6 Å². The van der Waals surface area contributed by atoms with Crippen molar-refractivity contribution >= 4 is 11.5 Å². The van der Waals surface area contributed by atoms with Crippen LogP contribution in [0.2, 0.25) is 0 Å². The Bertz CT molecular complexity index is 965. The Morgan fingerprint density at radius 3 is 2.62 bits per heavy atom. The van der Waals surface area contributed by atoms with Crippen LogP contribution in [0, 0.1) is 0 Å². The van der Waals surface area contributed by atoms with Crippen LogP contribution in [0.15, 0.2) is 48.0 Å². The van der Waals surface area contributed by atoms with E-state index >= 15 is 0 Å². The van der Waals surface area contributed by atoms with Gasteiger partial charge in [0.15, 0.2) is 6.10 Å². The van der Waals surface area contributed by atoms with E-state index in [0.29, 0.717) is 6.42 Å². The second-order valence-corrected chi connectivity index (χ2v) is 8.78. The fourth-order valence-electron chi connectivity index (χ4n) is 4.29. The normalized spacial score (nSPS) is 17.2. The molecule has 0 radical (unpaired) electrons. The van der Waals surface area contributed by atoms with E-state index in [1.54, 1.807) is 0 Å². The Morgan fingerprint density at radius 2 is 1.86 bits per heavy atom. The van der Waals surface area contributed by atoms with Crippen LogP contribution >= 0.6 is 0 Å². The van der Waals surface area contributed by atoms with E-state index in [0.717, 1.165) is 53.9 Å². The molecule has 1 unspecified atom stereocenters. The van der Waals surface area contributed by atoms with Crippen molar-refractivity contribution in [2.24, 2.45) is 0 Å². The second-order valence-electron chi connectivity index (χ2n) is 8.78. The quantitative estimate of drug-likeness (QED) is 0.793. The van der Waals surface area contributed by atoms with Crippen LogP contribution in [0.3, 0.4) is 0 Å². The summed E-state index contributed by atoms with van der Waals surface area (Å²) in [6.07, 6.45) is 2.51. The van der Waals surface area contributed by atoms with Crippen LogP contribution in [-0.4, -0.2) is 29.4 Å². The lowest BCUT2D eigenvalue weighted by Crippen LogP contribution is -2.36. The van der Waals surface area contributed by atoms with Crippen molar-refractivity contribution in [3.05, 3.63) is 70.3 Å². The van der Waals surface area contributed by atoms with Gasteiger partial charge in [0.2, 0.25) is 0 Å². The predicted octanol–water partition coefficient (Wildman–Crippen LogP) is 5.03. The molecular weight excluding hydrogens is 364 g/mol. The Labute approximate surface area is 172 Å². The summed E-state index contributed by atoms with van der Waals surface area (Å²) in [4.78, 5) is 12.2. The van der Waals surface area contributed by atoms with Crippen molar-refractivity contribution in [3.63, 3.8) is 0 Å². The molecule has 4 nitrogen and oxygen atoms in total. The van der Waals surface area contributed by atoms with Gasteiger partial charge in [-0.1, -0.05) is 30.3 Å². The largest absolute Gasteiger partial charge is 0.493 e. The second kappa shape index (κ2) is 7.68. The molecular formula is C25H28O4. The molecule has 0 fully saturated rings. The number of aryl methyl sites for hydroxylation is 2. The minimum atomic E-state index is -0.967. The minimum absolute atomic E-state index is 0.554. The third-order valence-corrected chi connectivity index (χ3v) is 5.48. The van der Waals surface area contributed by atoms with E-state index in [1.807, 2.05) is 39.0 Å². The molecule has 2 aliphatic rings. The summed E-state index contributed by atoms with van der Waals surface area (Å²) in [5, 5.41) is 10.0. The molecule has 0 aromatic heterocycles. The van der Waals surface area contributed by atoms with Crippen LogP contribution in [-0.2, 0) is 22.4 Å². The molecule has 1 atom stereocenters. The summed E-state index contributed by atoms with van der Waals surface area (Å²) in [5.41, 5.74) is 5.88. The molecule has 2 aromatic rings. The molecule has 0 saturated heterocycles. The molecule has 1 N–H and O–H groups in total. The molecule has 2 aromatic carbocycles. The molecule has 1 heterocycles. The zero-order chi connectivity index (χ0) is 20.6. The van der Waals surface area contributed by atoms with Crippen LogP contribution < -0.4 is 4.74 Å². The van der Waals surface area contributed by atoms with Crippen LogP contribution in [0.1, 0.15) is 55.9 Å². The number of carboxylic acid groups (broad SMARTS) is 1. The Morgan fingerprint density at radius 1 is 1.07 bits per heavy atom. The number of hydrogen-bond donors (Lipinski definition) is 1. The molecule has 1 aliphatic heterocycles. The van der Waals surface area contributed by atoms with Gasteiger partial charge in [-0.05, 0) is 92.0 Å². The van der Waals surface area contributed by atoms with Gasteiger partial charge in [-0.3, -0.25) is 0 Å². The van der Waals surface area contributed by atoms with Gasteiger partial charge in [-0.15, -0.1) is 0 Å². The molecule has 0 spiro atoms. The van der Waals surface area contributed by atoms with E-state index in [4.69, 9.17) is 9.47 Å². The zero-order valence-corrected chi connectivity index (χ0v) is 17.3. The van der Waals surface area contributed by atoms with Crippen LogP contribution in [0.4, 0.5) is 0 Å². The van der Waals surface area contributed by atoms with Gasteiger partial charge in [0.25, 0.3) is 0 Å². The third kappa shape index (κ3) is 4.08. The summed E-state index contributed by atoms with van der Waals surface area (Å²) in [5.74, 6) is 0.0000650. The maximum absolute atomic E-state index is 12.2. The van der Waals surface area contributed by atoms with Crippen molar-refractivity contribution in [2.75, 3.05) is 6.61 Å². The first-order chi connectivity index (χ1) is 13.8. The van der Waals surface area contributed by atoms with Crippen molar-refractivity contribution in [3.8, 4) is 5.75 Å². The van der Waals surface area contributed by atoms with Crippen molar-refractivity contribution < 1.29 is 19.4 Å². The molecule has 0 amide bonds. The minimum Gasteiger partial charge on any atom is -0.493 e. The van der Waals surface area contributed by atoms with Gasteiger partial charge >= 0.3 is 5.97 Å². The average molecular weight is 392 g/mol. The van der Waals surface area contributed by atoms with Gasteiger partial charge in [-0.25, -0.2) is 4.79 Å². The Kier molecular flexibility index (Phi) is 5.22. The molecule has 29 heavy (non-hydrogen) atoms. The number of ether oxygens (including phenoxy) is 2. The highest BCUT2D eigenvalue weighted by molar-refractivity contribution is 5.90. The third-order valence-electron chi connectivity index (χ3n) is 5.48. The highest BCUT2D eigenvalue weighted by atomic mass is 16.5. The number of aliphatic carboxylic acids is 1. The maximum Gasteiger partial charge on any atom is 0.337 e. The van der Waals surface area contributed by atoms with Crippen LogP contribution in [0.5, 0.6) is 5.75 Å². The van der Waals surface area contributed by atoms with Crippen molar-refractivity contribution in [2.45, 2.75) is 58.2 Å². The average Bonchev–Trinajstić information content (AvgIpc) is 2.70. The lowest BCUT2D eigenvalue weighted by molar-refractivity contribution is -0.155. The monoisotopic (exact) mass is 392 g/mol. The number of benzene rings is 2. The van der Waals surface area contributed by atoms with E-state index in [9.17, 15) is 9.90 Å². The molecule has 152 valence electrons. The fraction of sp³-hybridized carbons (Fsp3) is 0.400. The van der Waals surface area contributed by atoms with Gasteiger partial charge in [-0.2, -0.15) is 0 Å². The fourth-order valence-corrected chi connectivity index (χ4v) is 4.29. The van der Waals surface area contributed by atoms with Crippen molar-refractivity contribution in [1.82, 2.24) is 0 Å². The van der Waals surface area contributed by atoms with Crippen LogP contribution in [0.25, 0.3) is 5.57 Å². The number of carboxylic acids is 1. The highest BCUT2D eigenvalue weighted by Crippen LogP contribution is 2.40. The molecule has 4 heteroatoms. The number of hydrogen-bond acceptors (Lipinski definition) is 3. The standard InChI is InChI=1S/C25H28O4/c1-25(2,3)29-23(24(26)27)20-12-10-16-7-4-5-9-19(16)22(20)18-11-13-21-17(15-18)8-6-14-28-21/h4-5,7,9,11,13,15,23H,6,8,10,12,14H2,1-3H3,(H,26,27). The maximum atomic E-state index is 12.2. The SMILES string of the molecule is CC(C)(C)OC(C(=O)O)C1=C(c2ccc3c(c2)CCCO3)c2ccccc2CC1. The van der Waals surface area contributed by atoms with E-state index < -0.39 is 17.7 Å². The lowest BCUT2D eigenvalue weighted by atomic mass is 9.79. The summed E-state index contributed by atoms with van der Waals surface area (Å²) in [7, 11) is 0. The number of carbonyl (C=O) groups is 1. The van der Waals surface area contributed by atoms with E-state index in [-0.39, 0.29) is 0 Å².